The monoisotopic (exact) mass is 508 g/mol. The molecule has 1 N–H and O–H groups in total. The Morgan fingerprint density at radius 3 is 2.16 bits per heavy atom. The third-order valence-electron chi connectivity index (χ3n) is 6.62. The van der Waals surface area contributed by atoms with Crippen LogP contribution < -0.4 is 9.64 Å². The quantitative estimate of drug-likeness (QED) is 0.239. The molecule has 1 amide bonds. The molecule has 1 unspecified atom stereocenters. The first kappa shape index (κ1) is 26.7. The van der Waals surface area contributed by atoms with Crippen LogP contribution in [0.1, 0.15) is 68.5 Å². The Kier molecular flexibility index (Phi) is 7.15. The van der Waals surface area contributed by atoms with Crippen molar-refractivity contribution in [3.05, 3.63) is 100 Å². The van der Waals surface area contributed by atoms with Crippen molar-refractivity contribution in [3.8, 4) is 11.8 Å². The summed E-state index contributed by atoms with van der Waals surface area (Å²) in [6, 6.07) is 20.7. The van der Waals surface area contributed by atoms with Crippen molar-refractivity contribution >= 4 is 23.1 Å². The van der Waals surface area contributed by atoms with Gasteiger partial charge in [0.25, 0.3) is 11.7 Å². The highest BCUT2D eigenvalue weighted by molar-refractivity contribution is 6.51. The summed E-state index contributed by atoms with van der Waals surface area (Å²) in [6.07, 6.45) is -0.0121. The molecule has 1 saturated heterocycles. The maximum absolute atomic E-state index is 13.4. The lowest BCUT2D eigenvalue weighted by atomic mass is 9.85. The lowest BCUT2D eigenvalue weighted by molar-refractivity contribution is -0.132. The SMILES string of the molecule is Cc1cc(/C(O)=C2/C(=O)C(=O)N(c3ccc(C#N)cc3)C2c2ccc(C(C)(C)C)cc2)ccc1OC(C)C. The minimum absolute atomic E-state index is 0.0121. The summed E-state index contributed by atoms with van der Waals surface area (Å²) >= 11 is 0. The van der Waals surface area contributed by atoms with Gasteiger partial charge in [0.05, 0.1) is 29.4 Å². The zero-order valence-electron chi connectivity index (χ0n) is 22.6. The summed E-state index contributed by atoms with van der Waals surface area (Å²) in [6.45, 7) is 12.1. The number of aliphatic hydroxyl groups excluding tert-OH is 1. The fourth-order valence-corrected chi connectivity index (χ4v) is 4.61. The first-order valence-corrected chi connectivity index (χ1v) is 12.6. The molecule has 6 heteroatoms. The Labute approximate surface area is 223 Å². The van der Waals surface area contributed by atoms with Gasteiger partial charge in [0.15, 0.2) is 0 Å². The highest BCUT2D eigenvalue weighted by atomic mass is 16.5. The van der Waals surface area contributed by atoms with Crippen LogP contribution in [0.25, 0.3) is 5.76 Å². The van der Waals surface area contributed by atoms with E-state index in [1.807, 2.05) is 45.0 Å². The maximum atomic E-state index is 13.4. The number of carbonyl (C=O) groups is 2. The minimum atomic E-state index is -0.844. The molecule has 1 atom stereocenters. The first-order valence-electron chi connectivity index (χ1n) is 12.6. The van der Waals surface area contributed by atoms with Gasteiger partial charge >= 0.3 is 0 Å². The van der Waals surface area contributed by atoms with E-state index in [2.05, 4.69) is 26.8 Å². The Morgan fingerprint density at radius 1 is 1.00 bits per heavy atom. The predicted molar refractivity (Wildman–Crippen MR) is 148 cm³/mol. The van der Waals surface area contributed by atoms with E-state index < -0.39 is 17.7 Å². The summed E-state index contributed by atoms with van der Waals surface area (Å²) < 4.78 is 5.82. The van der Waals surface area contributed by atoms with E-state index >= 15 is 0 Å². The molecular formula is C32H32N2O4. The number of hydrogen-bond donors (Lipinski definition) is 1. The van der Waals surface area contributed by atoms with E-state index in [1.165, 1.54) is 4.90 Å². The molecule has 0 bridgehead atoms. The van der Waals surface area contributed by atoms with Gasteiger partial charge in [-0.05, 0) is 85.3 Å². The van der Waals surface area contributed by atoms with Crippen LogP contribution in [0.2, 0.25) is 0 Å². The second kappa shape index (κ2) is 10.2. The van der Waals surface area contributed by atoms with Gasteiger partial charge in [-0.15, -0.1) is 0 Å². The molecule has 4 rings (SSSR count). The first-order chi connectivity index (χ1) is 17.9. The molecule has 3 aromatic rings. The lowest BCUT2D eigenvalue weighted by Crippen LogP contribution is -2.29. The molecular weight excluding hydrogens is 476 g/mol. The molecule has 1 heterocycles. The van der Waals surface area contributed by atoms with Crippen molar-refractivity contribution in [2.45, 2.75) is 59.1 Å². The average Bonchev–Trinajstić information content (AvgIpc) is 3.14. The molecule has 3 aromatic carbocycles. The number of hydrogen-bond acceptors (Lipinski definition) is 5. The van der Waals surface area contributed by atoms with Crippen molar-refractivity contribution in [1.82, 2.24) is 0 Å². The van der Waals surface area contributed by atoms with Crippen molar-refractivity contribution in [1.29, 1.82) is 5.26 Å². The summed E-state index contributed by atoms with van der Waals surface area (Å²) in [7, 11) is 0. The highest BCUT2D eigenvalue weighted by Gasteiger charge is 2.47. The largest absolute Gasteiger partial charge is 0.507 e. The molecule has 0 aliphatic carbocycles. The maximum Gasteiger partial charge on any atom is 0.300 e. The summed E-state index contributed by atoms with van der Waals surface area (Å²) in [5.41, 5.74) is 3.86. The number of ketones is 1. The Bertz CT molecular complexity index is 1450. The lowest BCUT2D eigenvalue weighted by Gasteiger charge is -2.26. The Balaban J connectivity index is 1.89. The molecule has 1 fully saturated rings. The zero-order chi connectivity index (χ0) is 27.8. The van der Waals surface area contributed by atoms with E-state index in [0.29, 0.717) is 28.1 Å². The van der Waals surface area contributed by atoms with Crippen LogP contribution in [0.4, 0.5) is 5.69 Å². The standard InChI is InChI=1S/C32H32N2O4/c1-19(2)38-26-16-11-23(17-20(26)3)29(35)27-28(22-9-12-24(13-10-22)32(4,5)6)34(31(37)30(27)36)25-14-7-21(18-33)8-15-25/h7-17,19,28,35H,1-6H3/b29-27-. The van der Waals surface area contributed by atoms with Crippen molar-refractivity contribution in [2.75, 3.05) is 4.90 Å². The normalized spacial score (nSPS) is 17.1. The number of benzene rings is 3. The predicted octanol–water partition coefficient (Wildman–Crippen LogP) is 6.58. The van der Waals surface area contributed by atoms with Crippen LogP contribution in [-0.4, -0.2) is 22.9 Å². The van der Waals surface area contributed by atoms with Crippen LogP contribution in [0.5, 0.6) is 5.75 Å². The molecule has 194 valence electrons. The third kappa shape index (κ3) is 5.05. The van der Waals surface area contributed by atoms with Crippen LogP contribution in [0.3, 0.4) is 0 Å². The van der Waals surface area contributed by atoms with Gasteiger partial charge in [0.1, 0.15) is 11.5 Å². The fourth-order valence-electron chi connectivity index (χ4n) is 4.61. The van der Waals surface area contributed by atoms with Gasteiger partial charge in [-0.2, -0.15) is 5.26 Å². The molecule has 38 heavy (non-hydrogen) atoms. The molecule has 1 aliphatic heterocycles. The number of Topliss-reactive ketones (excluding diaryl/α,β-unsaturated/α-hetero) is 1. The Morgan fingerprint density at radius 2 is 1.63 bits per heavy atom. The van der Waals surface area contributed by atoms with Crippen LogP contribution in [-0.2, 0) is 15.0 Å². The number of ether oxygens (including phenoxy) is 1. The summed E-state index contributed by atoms with van der Waals surface area (Å²) in [5, 5.41) is 20.7. The van der Waals surface area contributed by atoms with Crippen molar-refractivity contribution < 1.29 is 19.4 Å². The van der Waals surface area contributed by atoms with Gasteiger partial charge in [-0.3, -0.25) is 14.5 Å². The van der Waals surface area contributed by atoms with E-state index in [-0.39, 0.29) is 22.9 Å². The minimum Gasteiger partial charge on any atom is -0.507 e. The third-order valence-corrected chi connectivity index (χ3v) is 6.62. The number of amides is 1. The molecule has 0 aromatic heterocycles. The molecule has 0 saturated carbocycles. The number of anilines is 1. The van der Waals surface area contributed by atoms with Gasteiger partial charge < -0.3 is 9.84 Å². The van der Waals surface area contributed by atoms with Gasteiger partial charge in [0, 0.05) is 11.3 Å². The van der Waals surface area contributed by atoms with Crippen LogP contribution in [0.15, 0.2) is 72.3 Å². The molecule has 1 aliphatic rings. The molecule has 6 nitrogen and oxygen atoms in total. The van der Waals surface area contributed by atoms with Crippen LogP contribution in [0, 0.1) is 18.3 Å². The van der Waals surface area contributed by atoms with E-state index in [9.17, 15) is 20.0 Å². The number of rotatable bonds is 5. The zero-order valence-corrected chi connectivity index (χ0v) is 22.6. The van der Waals surface area contributed by atoms with Crippen molar-refractivity contribution in [3.63, 3.8) is 0 Å². The van der Waals surface area contributed by atoms with E-state index in [1.54, 1.807) is 42.5 Å². The van der Waals surface area contributed by atoms with E-state index in [4.69, 9.17) is 4.74 Å². The second-order valence-electron chi connectivity index (χ2n) is 10.8. The fraction of sp³-hybridized carbons (Fsp3) is 0.281. The number of nitrogens with zero attached hydrogens (tertiary/aromatic N) is 2. The van der Waals surface area contributed by atoms with Gasteiger partial charge in [-0.25, -0.2) is 0 Å². The van der Waals surface area contributed by atoms with Crippen LogP contribution >= 0.6 is 0 Å². The van der Waals surface area contributed by atoms with Gasteiger partial charge in [0.2, 0.25) is 0 Å². The topological polar surface area (TPSA) is 90.6 Å². The highest BCUT2D eigenvalue weighted by Crippen LogP contribution is 2.43. The van der Waals surface area contributed by atoms with Crippen molar-refractivity contribution in [2.24, 2.45) is 0 Å². The number of aliphatic hydroxyl groups is 1. The van der Waals surface area contributed by atoms with Gasteiger partial charge in [-0.1, -0.05) is 45.0 Å². The number of nitriles is 1. The smallest absolute Gasteiger partial charge is 0.300 e. The number of carbonyl (C=O) groups excluding carboxylic acids is 2. The molecule has 0 spiro atoms. The summed E-state index contributed by atoms with van der Waals surface area (Å²) in [5.74, 6) is -1.07. The summed E-state index contributed by atoms with van der Waals surface area (Å²) in [4.78, 5) is 28.2. The van der Waals surface area contributed by atoms with E-state index in [0.717, 1.165) is 11.1 Å². The second-order valence-corrected chi connectivity index (χ2v) is 10.8. The molecule has 0 radical (unpaired) electrons. The number of aryl methyl sites for hydroxylation is 1. The Hall–Kier alpha value is -4.37. The average molecular weight is 509 g/mol.